The predicted molar refractivity (Wildman–Crippen MR) is 69.4 cm³/mol. The van der Waals surface area contributed by atoms with E-state index in [9.17, 15) is 0 Å². The lowest BCUT2D eigenvalue weighted by molar-refractivity contribution is 0.178. The van der Waals surface area contributed by atoms with Crippen molar-refractivity contribution in [2.45, 2.75) is 13.5 Å². The fraction of sp³-hybridized carbons (Fsp3) is 0.636. The molecule has 0 aliphatic heterocycles. The van der Waals surface area contributed by atoms with Gasteiger partial charge in [0.05, 0.1) is 0 Å². The molecule has 0 aliphatic rings. The number of nitrogens with one attached hydrogen (secondary N) is 1. The summed E-state index contributed by atoms with van der Waals surface area (Å²) in [6.07, 6.45) is 0. The molecule has 0 saturated heterocycles. The number of methoxy groups -OCH3 is 1. The zero-order chi connectivity index (χ0) is 12.7. The first kappa shape index (κ1) is 14.2. The average molecular weight is 259 g/mol. The van der Waals surface area contributed by atoms with Crippen LogP contribution in [0.4, 0.5) is 5.82 Å². The molecule has 6 heteroatoms. The van der Waals surface area contributed by atoms with Gasteiger partial charge in [0.15, 0.2) is 5.82 Å². The first-order valence-corrected chi connectivity index (χ1v) is 5.98. The average Bonchev–Trinajstić information content (AvgIpc) is 2.28. The van der Waals surface area contributed by atoms with Crippen molar-refractivity contribution < 1.29 is 4.74 Å². The Morgan fingerprint density at radius 1 is 1.47 bits per heavy atom. The van der Waals surface area contributed by atoms with Gasteiger partial charge in [0.1, 0.15) is 17.6 Å². The van der Waals surface area contributed by atoms with E-state index in [1.54, 1.807) is 13.2 Å². The second-order valence-electron chi connectivity index (χ2n) is 3.75. The summed E-state index contributed by atoms with van der Waals surface area (Å²) in [5.41, 5.74) is 0. The maximum atomic E-state index is 5.90. The summed E-state index contributed by atoms with van der Waals surface area (Å²) in [6.45, 7) is 5.30. The van der Waals surface area contributed by atoms with Gasteiger partial charge in [-0.25, -0.2) is 9.97 Å². The fourth-order valence-electron chi connectivity index (χ4n) is 1.28. The predicted octanol–water partition coefficient (Wildman–Crippen LogP) is 1.64. The van der Waals surface area contributed by atoms with E-state index in [1.165, 1.54) is 0 Å². The van der Waals surface area contributed by atoms with E-state index in [0.717, 1.165) is 25.5 Å². The largest absolute Gasteiger partial charge is 0.377 e. The Morgan fingerprint density at radius 3 is 2.88 bits per heavy atom. The summed E-state index contributed by atoms with van der Waals surface area (Å²) in [7, 11) is 3.68. The number of aromatic nitrogens is 2. The lowest BCUT2D eigenvalue weighted by Gasteiger charge is -2.14. The Hall–Kier alpha value is -0.910. The normalized spacial score (nSPS) is 10.9. The molecule has 1 N–H and O–H groups in total. The van der Waals surface area contributed by atoms with Gasteiger partial charge in [-0.2, -0.15) is 0 Å². The highest BCUT2D eigenvalue weighted by Crippen LogP contribution is 2.11. The maximum absolute atomic E-state index is 5.90. The third kappa shape index (κ3) is 5.30. The number of anilines is 1. The molecule has 0 atom stereocenters. The van der Waals surface area contributed by atoms with Crippen LogP contribution in [0.1, 0.15) is 12.7 Å². The molecule has 1 heterocycles. The molecule has 1 aromatic rings. The Bertz CT molecular complexity index is 348. The number of hydrogen-bond acceptors (Lipinski definition) is 5. The summed E-state index contributed by atoms with van der Waals surface area (Å²) in [5.74, 6) is 1.33. The second-order valence-corrected chi connectivity index (χ2v) is 4.14. The van der Waals surface area contributed by atoms with Crippen molar-refractivity contribution in [3.63, 3.8) is 0 Å². The zero-order valence-electron chi connectivity index (χ0n) is 10.5. The number of ether oxygens (including phenoxy) is 1. The maximum Gasteiger partial charge on any atom is 0.158 e. The van der Waals surface area contributed by atoms with Crippen LogP contribution in [0.25, 0.3) is 0 Å². The van der Waals surface area contributed by atoms with Crippen molar-refractivity contribution >= 4 is 17.4 Å². The summed E-state index contributed by atoms with van der Waals surface area (Å²) in [4.78, 5) is 10.6. The molecule has 96 valence electrons. The number of nitrogens with zero attached hydrogens (tertiary/aromatic N) is 3. The van der Waals surface area contributed by atoms with E-state index in [1.807, 2.05) is 0 Å². The molecule has 0 fully saturated rings. The molecular formula is C11H19ClN4O. The molecule has 0 spiro atoms. The van der Waals surface area contributed by atoms with E-state index in [0.29, 0.717) is 17.6 Å². The molecule has 5 nitrogen and oxygen atoms in total. The number of halogens is 1. The fourth-order valence-corrected chi connectivity index (χ4v) is 1.48. The molecule has 0 unspecified atom stereocenters. The van der Waals surface area contributed by atoms with Gasteiger partial charge in [0.2, 0.25) is 0 Å². The SMILES string of the molecule is CCN(C)CCNc1cc(Cl)nc(COC)n1. The van der Waals surface area contributed by atoms with E-state index in [2.05, 4.69) is 34.2 Å². The summed E-state index contributed by atoms with van der Waals surface area (Å²) in [5, 5.41) is 3.65. The van der Waals surface area contributed by atoms with Gasteiger partial charge in [0, 0.05) is 26.3 Å². The molecule has 0 bridgehead atoms. The smallest absolute Gasteiger partial charge is 0.158 e. The second kappa shape index (κ2) is 7.42. The lowest BCUT2D eigenvalue weighted by atomic mass is 10.5. The van der Waals surface area contributed by atoms with Gasteiger partial charge in [0.25, 0.3) is 0 Å². The lowest BCUT2D eigenvalue weighted by Crippen LogP contribution is -2.25. The first-order chi connectivity index (χ1) is 8.15. The van der Waals surface area contributed by atoms with Crippen molar-refractivity contribution in [2.75, 3.05) is 39.1 Å². The van der Waals surface area contributed by atoms with Crippen LogP contribution in [-0.2, 0) is 11.3 Å². The monoisotopic (exact) mass is 258 g/mol. The first-order valence-electron chi connectivity index (χ1n) is 5.60. The van der Waals surface area contributed by atoms with E-state index in [4.69, 9.17) is 16.3 Å². The third-order valence-electron chi connectivity index (χ3n) is 2.35. The highest BCUT2D eigenvalue weighted by atomic mass is 35.5. The van der Waals surface area contributed by atoms with Gasteiger partial charge in [-0.05, 0) is 13.6 Å². The zero-order valence-corrected chi connectivity index (χ0v) is 11.3. The molecule has 17 heavy (non-hydrogen) atoms. The van der Waals surface area contributed by atoms with Crippen LogP contribution in [0, 0.1) is 0 Å². The van der Waals surface area contributed by atoms with Crippen LogP contribution >= 0.6 is 11.6 Å². The van der Waals surface area contributed by atoms with Crippen LogP contribution in [0.15, 0.2) is 6.07 Å². The Morgan fingerprint density at radius 2 is 2.24 bits per heavy atom. The minimum Gasteiger partial charge on any atom is -0.377 e. The summed E-state index contributed by atoms with van der Waals surface area (Å²) >= 11 is 5.90. The van der Waals surface area contributed by atoms with Crippen molar-refractivity contribution in [1.29, 1.82) is 0 Å². The molecule has 1 rings (SSSR count). The standard InChI is InChI=1S/C11H19ClN4O/c1-4-16(2)6-5-13-10-7-9(12)14-11(15-10)8-17-3/h7H,4-6,8H2,1-3H3,(H,13,14,15). The minimum atomic E-state index is 0.365. The van der Waals surface area contributed by atoms with Gasteiger partial charge < -0.3 is 15.0 Å². The van der Waals surface area contributed by atoms with Crippen LogP contribution in [0.2, 0.25) is 5.15 Å². The van der Waals surface area contributed by atoms with Crippen LogP contribution in [-0.4, -0.2) is 48.7 Å². The molecule has 0 amide bonds. The van der Waals surface area contributed by atoms with E-state index in [-0.39, 0.29) is 0 Å². The Labute approximate surface area is 107 Å². The molecule has 0 radical (unpaired) electrons. The molecule has 1 aromatic heterocycles. The van der Waals surface area contributed by atoms with Crippen LogP contribution in [0.3, 0.4) is 0 Å². The third-order valence-corrected chi connectivity index (χ3v) is 2.55. The van der Waals surface area contributed by atoms with E-state index < -0.39 is 0 Å². The van der Waals surface area contributed by atoms with Gasteiger partial charge in [-0.1, -0.05) is 18.5 Å². The topological polar surface area (TPSA) is 50.3 Å². The van der Waals surface area contributed by atoms with Gasteiger partial charge in [-0.15, -0.1) is 0 Å². The molecule has 0 aromatic carbocycles. The van der Waals surface area contributed by atoms with Crippen molar-refractivity contribution in [2.24, 2.45) is 0 Å². The van der Waals surface area contributed by atoms with Crippen LogP contribution in [0.5, 0.6) is 0 Å². The molecule has 0 saturated carbocycles. The van der Waals surface area contributed by atoms with Crippen molar-refractivity contribution in [3.05, 3.63) is 17.0 Å². The Balaban J connectivity index is 2.52. The Kier molecular flexibility index (Phi) is 6.18. The highest BCUT2D eigenvalue weighted by Gasteiger charge is 2.03. The van der Waals surface area contributed by atoms with E-state index >= 15 is 0 Å². The van der Waals surface area contributed by atoms with Gasteiger partial charge in [-0.3, -0.25) is 0 Å². The summed E-state index contributed by atoms with van der Waals surface area (Å²) in [6, 6.07) is 1.71. The van der Waals surface area contributed by atoms with Gasteiger partial charge >= 0.3 is 0 Å². The summed E-state index contributed by atoms with van der Waals surface area (Å²) < 4.78 is 4.98. The quantitative estimate of drug-likeness (QED) is 0.754. The number of likely N-dealkylation sites (N-methyl/N-ethyl adjacent to an activating group) is 1. The highest BCUT2D eigenvalue weighted by molar-refractivity contribution is 6.29. The van der Waals surface area contributed by atoms with Crippen molar-refractivity contribution in [1.82, 2.24) is 14.9 Å². The van der Waals surface area contributed by atoms with Crippen LogP contribution < -0.4 is 5.32 Å². The van der Waals surface area contributed by atoms with Crippen molar-refractivity contribution in [3.8, 4) is 0 Å². The molecular weight excluding hydrogens is 240 g/mol. The molecule has 0 aliphatic carbocycles. The number of rotatable bonds is 7. The number of hydrogen-bond donors (Lipinski definition) is 1. The minimum absolute atomic E-state index is 0.365.